The number of nitro benzene ring substituents is 1. The van der Waals surface area contributed by atoms with Crippen LogP contribution in [0, 0.1) is 10.1 Å². The summed E-state index contributed by atoms with van der Waals surface area (Å²) in [4.78, 5) is 26.3. The highest BCUT2D eigenvalue weighted by Gasteiger charge is 2.25. The lowest BCUT2D eigenvalue weighted by Crippen LogP contribution is -2.41. The SMILES string of the molecule is CCC(CC)N(CCOC)C(=O)c1ccc(Sc2nncn2C)c([N+](=O)[O-])c1. The molecule has 0 aliphatic heterocycles. The maximum atomic E-state index is 13.1. The zero-order chi connectivity index (χ0) is 20.7. The number of aromatic nitrogens is 3. The molecule has 0 unspecified atom stereocenters. The van der Waals surface area contributed by atoms with Gasteiger partial charge in [0, 0.05) is 38.4 Å². The van der Waals surface area contributed by atoms with Gasteiger partial charge in [-0.05, 0) is 36.7 Å². The van der Waals surface area contributed by atoms with E-state index in [-0.39, 0.29) is 23.2 Å². The van der Waals surface area contributed by atoms with Crippen LogP contribution in [0.25, 0.3) is 0 Å². The van der Waals surface area contributed by atoms with Gasteiger partial charge in [-0.15, -0.1) is 10.2 Å². The molecule has 0 bridgehead atoms. The van der Waals surface area contributed by atoms with Gasteiger partial charge >= 0.3 is 0 Å². The van der Waals surface area contributed by atoms with Crippen molar-refractivity contribution in [1.29, 1.82) is 0 Å². The van der Waals surface area contributed by atoms with Crippen molar-refractivity contribution in [2.45, 2.75) is 42.8 Å². The van der Waals surface area contributed by atoms with Gasteiger partial charge < -0.3 is 14.2 Å². The zero-order valence-corrected chi connectivity index (χ0v) is 17.3. The molecule has 0 aliphatic rings. The number of hydrogen-bond acceptors (Lipinski definition) is 7. The minimum atomic E-state index is -0.480. The molecule has 28 heavy (non-hydrogen) atoms. The van der Waals surface area contributed by atoms with Gasteiger partial charge in [0.2, 0.25) is 0 Å². The molecule has 1 aromatic heterocycles. The van der Waals surface area contributed by atoms with Crippen LogP contribution in [-0.4, -0.2) is 56.8 Å². The molecule has 0 fully saturated rings. The van der Waals surface area contributed by atoms with E-state index < -0.39 is 4.92 Å². The standard InChI is InChI=1S/C18H25N5O4S/c1-5-14(6-2)22(9-10-27-4)17(24)13-7-8-16(15(11-13)23(25)26)28-18-20-19-12-21(18)3/h7-8,11-12,14H,5-6,9-10H2,1-4H3. The van der Waals surface area contributed by atoms with Gasteiger partial charge in [-0.25, -0.2) is 0 Å². The Labute approximate surface area is 168 Å². The van der Waals surface area contributed by atoms with Crippen molar-refractivity contribution in [3.8, 4) is 0 Å². The monoisotopic (exact) mass is 407 g/mol. The molecule has 0 spiro atoms. The van der Waals surface area contributed by atoms with Gasteiger partial charge in [0.1, 0.15) is 6.33 Å². The van der Waals surface area contributed by atoms with Crippen molar-refractivity contribution in [1.82, 2.24) is 19.7 Å². The smallest absolute Gasteiger partial charge is 0.284 e. The zero-order valence-electron chi connectivity index (χ0n) is 16.5. The molecular weight excluding hydrogens is 382 g/mol. The summed E-state index contributed by atoms with van der Waals surface area (Å²) in [5.74, 6) is -0.232. The number of methoxy groups -OCH3 is 1. The molecule has 0 N–H and O–H groups in total. The fourth-order valence-corrected chi connectivity index (χ4v) is 3.73. The molecular formula is C18H25N5O4S. The second-order valence-electron chi connectivity index (χ2n) is 6.23. The lowest BCUT2D eigenvalue weighted by molar-refractivity contribution is -0.387. The molecule has 0 radical (unpaired) electrons. The van der Waals surface area contributed by atoms with Gasteiger partial charge in [0.05, 0.1) is 16.4 Å². The molecule has 1 aromatic carbocycles. The summed E-state index contributed by atoms with van der Waals surface area (Å²) >= 11 is 1.14. The lowest BCUT2D eigenvalue weighted by atomic mass is 10.1. The van der Waals surface area contributed by atoms with Crippen molar-refractivity contribution in [3.63, 3.8) is 0 Å². The van der Waals surface area contributed by atoms with E-state index in [1.54, 1.807) is 35.8 Å². The van der Waals surface area contributed by atoms with E-state index in [9.17, 15) is 14.9 Å². The Morgan fingerprint density at radius 3 is 2.64 bits per heavy atom. The highest BCUT2D eigenvalue weighted by atomic mass is 32.2. The van der Waals surface area contributed by atoms with E-state index in [1.807, 2.05) is 13.8 Å². The predicted octanol–water partition coefficient (Wildman–Crippen LogP) is 3.15. The summed E-state index contributed by atoms with van der Waals surface area (Å²) in [6.45, 7) is 4.88. The number of ether oxygens (including phenoxy) is 1. The van der Waals surface area contributed by atoms with Gasteiger partial charge in [-0.3, -0.25) is 14.9 Å². The van der Waals surface area contributed by atoms with Crippen LogP contribution in [0.1, 0.15) is 37.0 Å². The number of carbonyl (C=O) groups excluding carboxylic acids is 1. The molecule has 0 atom stereocenters. The molecule has 152 valence electrons. The van der Waals surface area contributed by atoms with Crippen molar-refractivity contribution >= 4 is 23.4 Å². The molecule has 10 heteroatoms. The third-order valence-electron chi connectivity index (χ3n) is 4.45. The first-order valence-corrected chi connectivity index (χ1v) is 9.84. The maximum absolute atomic E-state index is 13.1. The first-order valence-electron chi connectivity index (χ1n) is 9.03. The van der Waals surface area contributed by atoms with Gasteiger partial charge in [-0.2, -0.15) is 0 Å². The normalized spacial score (nSPS) is 11.0. The third-order valence-corrected chi connectivity index (χ3v) is 5.57. The number of rotatable bonds is 10. The summed E-state index contributed by atoms with van der Waals surface area (Å²) in [6.07, 6.45) is 3.12. The van der Waals surface area contributed by atoms with Crippen LogP contribution in [-0.2, 0) is 11.8 Å². The number of carbonyl (C=O) groups is 1. The fourth-order valence-electron chi connectivity index (χ4n) is 2.88. The lowest BCUT2D eigenvalue weighted by Gasteiger charge is -2.30. The molecule has 0 saturated heterocycles. The minimum absolute atomic E-state index is 0.0504. The Morgan fingerprint density at radius 2 is 2.11 bits per heavy atom. The van der Waals surface area contributed by atoms with Crippen LogP contribution in [0.4, 0.5) is 5.69 Å². The fraction of sp³-hybridized carbons (Fsp3) is 0.500. The van der Waals surface area contributed by atoms with Crippen LogP contribution in [0.3, 0.4) is 0 Å². The number of nitro groups is 1. The highest BCUT2D eigenvalue weighted by Crippen LogP contribution is 2.34. The average molecular weight is 407 g/mol. The summed E-state index contributed by atoms with van der Waals surface area (Å²) < 4.78 is 6.80. The second-order valence-corrected chi connectivity index (χ2v) is 7.24. The largest absolute Gasteiger partial charge is 0.383 e. The summed E-state index contributed by atoms with van der Waals surface area (Å²) in [5.41, 5.74) is 0.159. The van der Waals surface area contributed by atoms with Crippen molar-refractivity contribution in [3.05, 3.63) is 40.2 Å². The molecule has 1 heterocycles. The van der Waals surface area contributed by atoms with E-state index >= 15 is 0 Å². The third kappa shape index (κ3) is 5.08. The number of aryl methyl sites for hydroxylation is 1. The number of benzene rings is 1. The van der Waals surface area contributed by atoms with E-state index in [2.05, 4.69) is 10.2 Å². The van der Waals surface area contributed by atoms with Gasteiger partial charge in [0.15, 0.2) is 5.16 Å². The Balaban J connectivity index is 2.36. The van der Waals surface area contributed by atoms with Crippen molar-refractivity contribution in [2.24, 2.45) is 7.05 Å². The number of hydrogen-bond donors (Lipinski definition) is 0. The Kier molecular flexibility index (Phi) is 7.94. The molecule has 2 rings (SSSR count). The van der Waals surface area contributed by atoms with Crippen LogP contribution < -0.4 is 0 Å². The quantitative estimate of drug-likeness (QED) is 0.440. The van der Waals surface area contributed by atoms with Crippen molar-refractivity contribution < 1.29 is 14.5 Å². The van der Waals surface area contributed by atoms with Crippen LogP contribution in [0.5, 0.6) is 0 Å². The Hall–Kier alpha value is -2.46. The van der Waals surface area contributed by atoms with Crippen LogP contribution in [0.15, 0.2) is 34.6 Å². The average Bonchev–Trinajstić information content (AvgIpc) is 3.09. The van der Waals surface area contributed by atoms with Gasteiger partial charge in [-0.1, -0.05) is 13.8 Å². The van der Waals surface area contributed by atoms with E-state index in [4.69, 9.17) is 4.74 Å². The minimum Gasteiger partial charge on any atom is -0.383 e. The maximum Gasteiger partial charge on any atom is 0.284 e. The molecule has 1 amide bonds. The highest BCUT2D eigenvalue weighted by molar-refractivity contribution is 7.99. The second kappa shape index (κ2) is 10.2. The van der Waals surface area contributed by atoms with Crippen LogP contribution >= 0.6 is 11.8 Å². The number of amides is 1. The van der Waals surface area contributed by atoms with Gasteiger partial charge in [0.25, 0.3) is 11.6 Å². The molecule has 0 saturated carbocycles. The molecule has 9 nitrogen and oxygen atoms in total. The molecule has 2 aromatic rings. The Morgan fingerprint density at radius 1 is 1.39 bits per heavy atom. The van der Waals surface area contributed by atoms with Crippen molar-refractivity contribution in [2.75, 3.05) is 20.3 Å². The van der Waals surface area contributed by atoms with Crippen LogP contribution in [0.2, 0.25) is 0 Å². The van der Waals surface area contributed by atoms with E-state index in [1.165, 1.54) is 12.4 Å². The predicted molar refractivity (Wildman–Crippen MR) is 106 cm³/mol. The summed E-state index contributed by atoms with van der Waals surface area (Å²) in [7, 11) is 3.34. The Bertz CT molecular complexity index is 822. The number of nitrogens with zero attached hydrogens (tertiary/aromatic N) is 5. The molecule has 0 aliphatic carbocycles. The summed E-state index contributed by atoms with van der Waals surface area (Å²) in [5, 5.41) is 19.8. The summed E-state index contributed by atoms with van der Waals surface area (Å²) in [6, 6.07) is 4.60. The first-order chi connectivity index (χ1) is 13.4. The first kappa shape index (κ1) is 21.8. The van der Waals surface area contributed by atoms with E-state index in [0.717, 1.165) is 24.6 Å². The van der Waals surface area contributed by atoms with E-state index in [0.29, 0.717) is 23.2 Å². The topological polar surface area (TPSA) is 103 Å².